The van der Waals surface area contributed by atoms with Crippen LogP contribution < -0.4 is 0 Å². The van der Waals surface area contributed by atoms with E-state index in [1.165, 1.54) is 11.1 Å². The largest absolute Gasteiger partial charge is 0.367 e. The van der Waals surface area contributed by atoms with Crippen LogP contribution in [-0.4, -0.2) is 9.97 Å². The maximum absolute atomic E-state index is 3.88. The minimum absolute atomic E-state index is 1.21. The van der Waals surface area contributed by atoms with E-state index < -0.39 is 0 Å². The zero-order valence-electron chi connectivity index (χ0n) is 7.99. The Bertz CT molecular complexity index is 311. The van der Waals surface area contributed by atoms with Gasteiger partial charge < -0.3 is 4.98 Å². The van der Waals surface area contributed by atoms with Crippen LogP contribution in [0.5, 0.6) is 0 Å². The van der Waals surface area contributed by atoms with E-state index in [0.717, 1.165) is 0 Å². The highest BCUT2D eigenvalue weighted by atomic mass is 14.6. The van der Waals surface area contributed by atoms with Crippen molar-refractivity contribution in [2.75, 3.05) is 0 Å². The molecule has 0 saturated carbocycles. The van der Waals surface area contributed by atoms with Gasteiger partial charge in [-0.2, -0.15) is 0 Å². The van der Waals surface area contributed by atoms with Crippen LogP contribution in [0.2, 0.25) is 0 Å². The average Bonchev–Trinajstić information content (AvgIpc) is 2.58. The summed E-state index contributed by atoms with van der Waals surface area (Å²) in [6, 6.07) is 5.97. The molecule has 2 heteroatoms. The molecule has 0 amide bonds. The quantitative estimate of drug-likeness (QED) is 0.653. The molecule has 0 aliphatic carbocycles. The SMILES string of the molecule is Cc1cc[nH]c1.Cc1cccnc1. The molecule has 0 atom stereocenters. The zero-order chi connectivity index (χ0) is 9.52. The predicted molar refractivity (Wildman–Crippen MR) is 54.5 cm³/mol. The molecule has 2 aromatic heterocycles. The third-order valence-electron chi connectivity index (χ3n) is 1.56. The zero-order valence-corrected chi connectivity index (χ0v) is 7.99. The molecule has 0 unspecified atom stereocenters. The number of aryl methyl sites for hydroxylation is 2. The molecule has 0 aliphatic rings. The first-order valence-corrected chi connectivity index (χ1v) is 4.25. The van der Waals surface area contributed by atoms with Gasteiger partial charge in [0.2, 0.25) is 0 Å². The summed E-state index contributed by atoms with van der Waals surface area (Å²) in [5, 5.41) is 0. The molecule has 68 valence electrons. The van der Waals surface area contributed by atoms with Gasteiger partial charge >= 0.3 is 0 Å². The average molecular weight is 174 g/mol. The van der Waals surface area contributed by atoms with Crippen LogP contribution in [0.15, 0.2) is 43.0 Å². The first-order valence-electron chi connectivity index (χ1n) is 4.25. The number of aromatic amines is 1. The Morgan fingerprint density at radius 3 is 2.23 bits per heavy atom. The minimum Gasteiger partial charge on any atom is -0.367 e. The summed E-state index contributed by atoms with van der Waals surface area (Å²) in [5.41, 5.74) is 2.50. The van der Waals surface area contributed by atoms with Crippen LogP contribution in [0.3, 0.4) is 0 Å². The topological polar surface area (TPSA) is 28.7 Å². The molecule has 0 aliphatic heterocycles. The van der Waals surface area contributed by atoms with Gasteiger partial charge in [0, 0.05) is 24.8 Å². The summed E-state index contributed by atoms with van der Waals surface area (Å²) in [4.78, 5) is 6.81. The predicted octanol–water partition coefficient (Wildman–Crippen LogP) is 2.71. The maximum atomic E-state index is 3.88. The number of pyridine rings is 1. The maximum Gasteiger partial charge on any atom is 0.0297 e. The molecule has 1 N–H and O–H groups in total. The lowest BCUT2D eigenvalue weighted by atomic mass is 10.3. The van der Waals surface area contributed by atoms with Crippen molar-refractivity contribution in [3.63, 3.8) is 0 Å². The van der Waals surface area contributed by atoms with E-state index >= 15 is 0 Å². The summed E-state index contributed by atoms with van der Waals surface area (Å²) >= 11 is 0. The standard InChI is InChI=1S/C6H7N.C5H7N/c1-6-3-2-4-7-5-6;1-5-2-3-6-4-5/h2-5H,1H3;2-4,6H,1H3. The van der Waals surface area contributed by atoms with Crippen molar-refractivity contribution in [2.24, 2.45) is 0 Å². The van der Waals surface area contributed by atoms with Crippen molar-refractivity contribution in [1.82, 2.24) is 9.97 Å². The molecule has 0 saturated heterocycles. The Morgan fingerprint density at radius 1 is 1.15 bits per heavy atom. The highest BCUT2D eigenvalue weighted by molar-refractivity contribution is 5.04. The highest BCUT2D eigenvalue weighted by Crippen LogP contribution is 1.89. The Kier molecular flexibility index (Phi) is 3.76. The number of nitrogens with one attached hydrogen (secondary N) is 1. The van der Waals surface area contributed by atoms with E-state index in [4.69, 9.17) is 0 Å². The summed E-state index contributed by atoms with van der Waals surface area (Å²) in [6.45, 7) is 4.07. The van der Waals surface area contributed by atoms with Gasteiger partial charge in [0.25, 0.3) is 0 Å². The molecule has 0 radical (unpaired) electrons. The first kappa shape index (κ1) is 9.52. The second-order valence-electron chi connectivity index (χ2n) is 2.92. The highest BCUT2D eigenvalue weighted by Gasteiger charge is 1.73. The number of rotatable bonds is 0. The Balaban J connectivity index is 0.000000132. The van der Waals surface area contributed by atoms with Crippen LogP contribution in [-0.2, 0) is 0 Å². The van der Waals surface area contributed by atoms with Gasteiger partial charge in [-0.05, 0) is 37.1 Å². The smallest absolute Gasteiger partial charge is 0.0297 e. The summed E-state index contributed by atoms with van der Waals surface area (Å²) in [6.07, 6.45) is 7.47. The number of H-pyrrole nitrogens is 1. The lowest BCUT2D eigenvalue weighted by molar-refractivity contribution is 1.27. The molecule has 2 rings (SSSR count). The van der Waals surface area contributed by atoms with E-state index in [1.54, 1.807) is 6.20 Å². The summed E-state index contributed by atoms with van der Waals surface area (Å²) in [5.74, 6) is 0. The van der Waals surface area contributed by atoms with Gasteiger partial charge in [0.05, 0.1) is 0 Å². The number of aromatic nitrogens is 2. The summed E-state index contributed by atoms with van der Waals surface area (Å²) < 4.78 is 0. The molecule has 13 heavy (non-hydrogen) atoms. The van der Waals surface area contributed by atoms with E-state index in [2.05, 4.69) is 16.9 Å². The van der Waals surface area contributed by atoms with Crippen LogP contribution in [0.1, 0.15) is 11.1 Å². The fourth-order valence-electron chi connectivity index (χ4n) is 0.855. The minimum atomic E-state index is 1.21. The number of hydrogen-bond donors (Lipinski definition) is 1. The van der Waals surface area contributed by atoms with E-state index in [1.807, 2.05) is 43.7 Å². The second kappa shape index (κ2) is 5.14. The molecule has 2 aromatic rings. The third-order valence-corrected chi connectivity index (χ3v) is 1.56. The van der Waals surface area contributed by atoms with Crippen molar-refractivity contribution in [3.05, 3.63) is 54.1 Å². The lowest BCUT2D eigenvalue weighted by Crippen LogP contribution is -1.69. The third kappa shape index (κ3) is 4.11. The summed E-state index contributed by atoms with van der Waals surface area (Å²) in [7, 11) is 0. The van der Waals surface area contributed by atoms with Crippen molar-refractivity contribution in [3.8, 4) is 0 Å². The van der Waals surface area contributed by atoms with Gasteiger partial charge in [-0.1, -0.05) is 6.07 Å². The van der Waals surface area contributed by atoms with Crippen molar-refractivity contribution >= 4 is 0 Å². The van der Waals surface area contributed by atoms with Crippen LogP contribution in [0.4, 0.5) is 0 Å². The van der Waals surface area contributed by atoms with E-state index in [0.29, 0.717) is 0 Å². The fraction of sp³-hybridized carbons (Fsp3) is 0.182. The first-order chi connectivity index (χ1) is 6.29. The van der Waals surface area contributed by atoms with Crippen molar-refractivity contribution < 1.29 is 0 Å². The van der Waals surface area contributed by atoms with Gasteiger partial charge in [0.1, 0.15) is 0 Å². The Labute approximate surface area is 78.7 Å². The van der Waals surface area contributed by atoms with Gasteiger partial charge in [-0.25, -0.2) is 0 Å². The molecule has 0 bridgehead atoms. The monoisotopic (exact) mass is 174 g/mol. The molecule has 0 spiro atoms. The van der Waals surface area contributed by atoms with Gasteiger partial charge in [0.15, 0.2) is 0 Å². The molecule has 2 nitrogen and oxygen atoms in total. The van der Waals surface area contributed by atoms with Crippen LogP contribution >= 0.6 is 0 Å². The second-order valence-corrected chi connectivity index (χ2v) is 2.92. The van der Waals surface area contributed by atoms with Crippen molar-refractivity contribution in [2.45, 2.75) is 13.8 Å². The normalized spacial score (nSPS) is 8.77. The van der Waals surface area contributed by atoms with Crippen molar-refractivity contribution in [1.29, 1.82) is 0 Å². The van der Waals surface area contributed by atoms with E-state index in [9.17, 15) is 0 Å². The van der Waals surface area contributed by atoms with Gasteiger partial charge in [-0.15, -0.1) is 0 Å². The molecule has 0 aromatic carbocycles. The van der Waals surface area contributed by atoms with E-state index in [-0.39, 0.29) is 0 Å². The van der Waals surface area contributed by atoms with Crippen LogP contribution in [0, 0.1) is 13.8 Å². The molecular formula is C11H14N2. The molecule has 0 fully saturated rings. The Morgan fingerprint density at radius 2 is 2.00 bits per heavy atom. The lowest BCUT2D eigenvalue weighted by Gasteiger charge is -1.82. The Hall–Kier alpha value is -1.57. The molecule has 2 heterocycles. The van der Waals surface area contributed by atoms with Gasteiger partial charge in [-0.3, -0.25) is 4.98 Å². The number of hydrogen-bond acceptors (Lipinski definition) is 1. The number of nitrogens with zero attached hydrogens (tertiary/aromatic N) is 1. The molecular weight excluding hydrogens is 160 g/mol. The fourth-order valence-corrected chi connectivity index (χ4v) is 0.855. The van der Waals surface area contributed by atoms with Crippen LogP contribution in [0.25, 0.3) is 0 Å².